The number of ether oxygens (including phenoxy) is 1. The second-order valence-corrected chi connectivity index (χ2v) is 2.86. The van der Waals surface area contributed by atoms with Gasteiger partial charge in [-0.05, 0) is 24.1 Å². The van der Waals surface area contributed by atoms with Gasteiger partial charge in [0.1, 0.15) is 5.75 Å². The van der Waals surface area contributed by atoms with Crippen molar-refractivity contribution >= 4 is 5.69 Å². The Hall–Kier alpha value is -1.18. The first-order valence-electron chi connectivity index (χ1n) is 4.19. The van der Waals surface area contributed by atoms with Gasteiger partial charge in [-0.1, -0.05) is 13.3 Å². The fourth-order valence-electron chi connectivity index (χ4n) is 1.24. The SMILES string of the molecule is CCCc1cc(N)cc(OC)c1. The van der Waals surface area contributed by atoms with Crippen molar-refractivity contribution in [2.24, 2.45) is 0 Å². The third-order valence-corrected chi connectivity index (χ3v) is 1.76. The molecule has 1 aromatic rings. The summed E-state index contributed by atoms with van der Waals surface area (Å²) >= 11 is 0. The van der Waals surface area contributed by atoms with E-state index in [4.69, 9.17) is 10.5 Å². The van der Waals surface area contributed by atoms with Gasteiger partial charge < -0.3 is 10.5 Å². The number of benzene rings is 1. The van der Waals surface area contributed by atoms with Crippen LogP contribution in [0.5, 0.6) is 5.75 Å². The van der Waals surface area contributed by atoms with Crippen LogP contribution >= 0.6 is 0 Å². The minimum atomic E-state index is 0.776. The van der Waals surface area contributed by atoms with E-state index in [1.54, 1.807) is 7.11 Å². The van der Waals surface area contributed by atoms with Crippen molar-refractivity contribution < 1.29 is 4.74 Å². The highest BCUT2D eigenvalue weighted by molar-refractivity contribution is 5.47. The van der Waals surface area contributed by atoms with Gasteiger partial charge in [-0.25, -0.2) is 0 Å². The van der Waals surface area contributed by atoms with Crippen molar-refractivity contribution in [3.8, 4) is 5.75 Å². The van der Waals surface area contributed by atoms with Crippen LogP contribution < -0.4 is 10.5 Å². The molecule has 1 rings (SSSR count). The highest BCUT2D eigenvalue weighted by atomic mass is 16.5. The van der Waals surface area contributed by atoms with Gasteiger partial charge in [0, 0.05) is 11.8 Å². The van der Waals surface area contributed by atoms with Gasteiger partial charge in [0.25, 0.3) is 0 Å². The summed E-state index contributed by atoms with van der Waals surface area (Å²) in [5, 5.41) is 0. The summed E-state index contributed by atoms with van der Waals surface area (Å²) in [6, 6.07) is 5.85. The van der Waals surface area contributed by atoms with Crippen molar-refractivity contribution in [2.45, 2.75) is 19.8 Å². The number of aryl methyl sites for hydroxylation is 1. The van der Waals surface area contributed by atoms with E-state index >= 15 is 0 Å². The Kier molecular flexibility index (Phi) is 2.97. The maximum Gasteiger partial charge on any atom is 0.121 e. The van der Waals surface area contributed by atoms with E-state index in [0.717, 1.165) is 24.3 Å². The molecule has 0 saturated heterocycles. The minimum absolute atomic E-state index is 0.776. The molecular weight excluding hydrogens is 150 g/mol. The molecule has 0 fully saturated rings. The number of anilines is 1. The molecule has 12 heavy (non-hydrogen) atoms. The first-order chi connectivity index (χ1) is 5.76. The zero-order valence-electron chi connectivity index (χ0n) is 7.63. The predicted octanol–water partition coefficient (Wildman–Crippen LogP) is 2.23. The molecule has 0 saturated carbocycles. The molecule has 2 nitrogen and oxygen atoms in total. The largest absolute Gasteiger partial charge is 0.497 e. The smallest absolute Gasteiger partial charge is 0.121 e. The van der Waals surface area contributed by atoms with Crippen molar-refractivity contribution in [1.82, 2.24) is 0 Å². The summed E-state index contributed by atoms with van der Waals surface area (Å²) in [6.07, 6.45) is 2.19. The maximum absolute atomic E-state index is 5.69. The molecule has 0 atom stereocenters. The van der Waals surface area contributed by atoms with Gasteiger partial charge in [-0.3, -0.25) is 0 Å². The lowest BCUT2D eigenvalue weighted by Crippen LogP contribution is -1.92. The van der Waals surface area contributed by atoms with E-state index < -0.39 is 0 Å². The van der Waals surface area contributed by atoms with E-state index in [0.29, 0.717) is 0 Å². The lowest BCUT2D eigenvalue weighted by Gasteiger charge is -2.04. The average molecular weight is 165 g/mol. The lowest BCUT2D eigenvalue weighted by molar-refractivity contribution is 0.414. The Balaban J connectivity index is 2.90. The second kappa shape index (κ2) is 4.00. The van der Waals surface area contributed by atoms with Crippen LogP contribution in [0.3, 0.4) is 0 Å². The highest BCUT2D eigenvalue weighted by Crippen LogP contribution is 2.19. The Morgan fingerprint density at radius 3 is 2.67 bits per heavy atom. The first kappa shape index (κ1) is 8.91. The van der Waals surface area contributed by atoms with Crippen LogP contribution in [0.15, 0.2) is 18.2 Å². The van der Waals surface area contributed by atoms with Crippen molar-refractivity contribution in [1.29, 1.82) is 0 Å². The van der Waals surface area contributed by atoms with Crippen molar-refractivity contribution in [3.63, 3.8) is 0 Å². The number of methoxy groups -OCH3 is 1. The van der Waals surface area contributed by atoms with Gasteiger partial charge in [0.2, 0.25) is 0 Å². The molecule has 0 aliphatic heterocycles. The normalized spacial score (nSPS) is 9.83. The summed E-state index contributed by atoms with van der Waals surface area (Å²) in [5.74, 6) is 0.846. The molecule has 0 bridgehead atoms. The molecule has 0 spiro atoms. The third-order valence-electron chi connectivity index (χ3n) is 1.76. The Morgan fingerprint density at radius 2 is 2.08 bits per heavy atom. The summed E-state index contributed by atoms with van der Waals surface area (Å²) in [7, 11) is 1.66. The van der Waals surface area contributed by atoms with Gasteiger partial charge in [0.05, 0.1) is 7.11 Å². The van der Waals surface area contributed by atoms with Crippen molar-refractivity contribution in [2.75, 3.05) is 12.8 Å². The molecule has 1 aromatic carbocycles. The van der Waals surface area contributed by atoms with Gasteiger partial charge in [-0.2, -0.15) is 0 Å². The van der Waals surface area contributed by atoms with Gasteiger partial charge >= 0.3 is 0 Å². The van der Waals surface area contributed by atoms with E-state index in [9.17, 15) is 0 Å². The van der Waals surface area contributed by atoms with Crippen LogP contribution in [0.1, 0.15) is 18.9 Å². The molecule has 2 heteroatoms. The van der Waals surface area contributed by atoms with E-state index in [-0.39, 0.29) is 0 Å². The van der Waals surface area contributed by atoms with E-state index in [1.807, 2.05) is 18.2 Å². The van der Waals surface area contributed by atoms with Crippen LogP contribution in [-0.2, 0) is 6.42 Å². The first-order valence-corrected chi connectivity index (χ1v) is 4.19. The quantitative estimate of drug-likeness (QED) is 0.697. The van der Waals surface area contributed by atoms with Crippen molar-refractivity contribution in [3.05, 3.63) is 23.8 Å². The molecule has 2 N–H and O–H groups in total. The van der Waals surface area contributed by atoms with Crippen LogP contribution in [0.2, 0.25) is 0 Å². The molecule has 0 heterocycles. The van der Waals surface area contributed by atoms with Gasteiger partial charge in [0.15, 0.2) is 0 Å². The Morgan fingerprint density at radius 1 is 1.33 bits per heavy atom. The molecule has 0 aliphatic carbocycles. The second-order valence-electron chi connectivity index (χ2n) is 2.86. The maximum atomic E-state index is 5.69. The molecule has 0 radical (unpaired) electrons. The zero-order valence-corrected chi connectivity index (χ0v) is 7.63. The lowest BCUT2D eigenvalue weighted by atomic mass is 10.1. The van der Waals surface area contributed by atoms with E-state index in [1.165, 1.54) is 5.56 Å². The average Bonchev–Trinajstić information content (AvgIpc) is 2.04. The number of nitrogen functional groups attached to an aromatic ring is 1. The number of hydrogen-bond acceptors (Lipinski definition) is 2. The van der Waals surface area contributed by atoms with Crippen LogP contribution in [0.4, 0.5) is 5.69 Å². The Labute approximate surface area is 73.3 Å². The zero-order chi connectivity index (χ0) is 8.97. The molecule has 0 unspecified atom stereocenters. The van der Waals surface area contributed by atoms with E-state index in [2.05, 4.69) is 6.92 Å². The van der Waals surface area contributed by atoms with Crippen LogP contribution in [0, 0.1) is 0 Å². The number of hydrogen-bond donors (Lipinski definition) is 1. The molecule has 0 aromatic heterocycles. The number of nitrogens with two attached hydrogens (primary N) is 1. The highest BCUT2D eigenvalue weighted by Gasteiger charge is 1.97. The third kappa shape index (κ3) is 2.16. The number of rotatable bonds is 3. The minimum Gasteiger partial charge on any atom is -0.497 e. The van der Waals surface area contributed by atoms with Gasteiger partial charge in [-0.15, -0.1) is 0 Å². The summed E-state index contributed by atoms with van der Waals surface area (Å²) in [6.45, 7) is 2.15. The standard InChI is InChI=1S/C10H15NO/c1-3-4-8-5-9(11)7-10(6-8)12-2/h5-7H,3-4,11H2,1-2H3. The molecule has 66 valence electrons. The molecule has 0 amide bonds. The van der Waals surface area contributed by atoms with Crippen LogP contribution in [0.25, 0.3) is 0 Å². The molecule has 0 aliphatic rings. The summed E-state index contributed by atoms with van der Waals surface area (Å²) in [4.78, 5) is 0. The predicted molar refractivity (Wildman–Crippen MR) is 51.4 cm³/mol. The Bertz CT molecular complexity index is 258. The monoisotopic (exact) mass is 165 g/mol. The molecular formula is C10H15NO. The topological polar surface area (TPSA) is 35.2 Å². The summed E-state index contributed by atoms with van der Waals surface area (Å²) < 4.78 is 5.10. The van der Waals surface area contributed by atoms with Crippen LogP contribution in [-0.4, -0.2) is 7.11 Å². The summed E-state index contributed by atoms with van der Waals surface area (Å²) in [5.41, 5.74) is 7.71. The fraction of sp³-hybridized carbons (Fsp3) is 0.400. The fourth-order valence-corrected chi connectivity index (χ4v) is 1.24.